The largest absolute Gasteiger partial charge is 0.308 e. The van der Waals surface area contributed by atoms with E-state index in [2.05, 4.69) is 44.8 Å². The minimum atomic E-state index is 0.451. The number of hydrogen-bond donors (Lipinski definition) is 1. The Labute approximate surface area is 132 Å². The van der Waals surface area contributed by atoms with Crippen molar-refractivity contribution in [1.82, 2.24) is 10.2 Å². The van der Waals surface area contributed by atoms with E-state index >= 15 is 0 Å². The molecule has 0 aromatic rings. The zero-order valence-corrected chi connectivity index (χ0v) is 15.0. The zero-order chi connectivity index (χ0) is 15.3. The van der Waals surface area contributed by atoms with E-state index in [0.29, 0.717) is 16.4 Å². The van der Waals surface area contributed by atoms with Gasteiger partial charge in [0, 0.05) is 31.2 Å². The molecule has 21 heavy (non-hydrogen) atoms. The molecule has 122 valence electrons. The summed E-state index contributed by atoms with van der Waals surface area (Å²) in [7, 11) is 0. The first-order valence-corrected chi connectivity index (χ1v) is 9.31. The van der Waals surface area contributed by atoms with Gasteiger partial charge in [0.2, 0.25) is 0 Å². The van der Waals surface area contributed by atoms with Gasteiger partial charge >= 0.3 is 0 Å². The lowest BCUT2D eigenvalue weighted by atomic mass is 9.79. The summed E-state index contributed by atoms with van der Waals surface area (Å²) < 4.78 is 0. The lowest BCUT2D eigenvalue weighted by Crippen LogP contribution is -2.65. The monoisotopic (exact) mass is 292 g/mol. The smallest absolute Gasteiger partial charge is 0.0309 e. The van der Waals surface area contributed by atoms with Gasteiger partial charge in [-0.1, -0.05) is 53.9 Å². The van der Waals surface area contributed by atoms with Crippen LogP contribution in [-0.2, 0) is 0 Å². The molecule has 2 aliphatic carbocycles. The maximum atomic E-state index is 3.96. The van der Waals surface area contributed by atoms with Gasteiger partial charge in [0.15, 0.2) is 0 Å². The van der Waals surface area contributed by atoms with Gasteiger partial charge in [-0.2, -0.15) is 0 Å². The molecular formula is C19H36N2. The third kappa shape index (κ3) is 2.57. The molecule has 1 atom stereocenters. The van der Waals surface area contributed by atoms with Crippen LogP contribution in [0.5, 0.6) is 0 Å². The fourth-order valence-electron chi connectivity index (χ4n) is 5.24. The minimum Gasteiger partial charge on any atom is -0.308 e. The third-order valence-electron chi connectivity index (χ3n) is 7.75. The Balaban J connectivity index is 1.69. The Morgan fingerprint density at radius 3 is 2.14 bits per heavy atom. The van der Waals surface area contributed by atoms with E-state index in [1.165, 1.54) is 58.2 Å². The molecule has 1 heterocycles. The molecule has 3 fully saturated rings. The average molecular weight is 293 g/mol. The molecule has 0 radical (unpaired) electrons. The summed E-state index contributed by atoms with van der Waals surface area (Å²) in [6.07, 6.45) is 8.39. The molecule has 3 rings (SSSR count). The first kappa shape index (κ1) is 15.8. The highest BCUT2D eigenvalue weighted by molar-refractivity contribution is 5.14. The van der Waals surface area contributed by atoms with Gasteiger partial charge in [-0.05, 0) is 36.0 Å². The lowest BCUT2D eigenvalue weighted by Gasteiger charge is -2.50. The van der Waals surface area contributed by atoms with E-state index in [9.17, 15) is 0 Å². The molecular weight excluding hydrogens is 256 g/mol. The van der Waals surface area contributed by atoms with Crippen LogP contribution in [0, 0.1) is 16.7 Å². The highest BCUT2D eigenvalue weighted by Gasteiger charge is 2.64. The van der Waals surface area contributed by atoms with Crippen molar-refractivity contribution >= 4 is 0 Å². The summed E-state index contributed by atoms with van der Waals surface area (Å²) >= 11 is 0. The lowest BCUT2D eigenvalue weighted by molar-refractivity contribution is 0.0469. The van der Waals surface area contributed by atoms with Crippen molar-refractivity contribution in [2.24, 2.45) is 16.7 Å². The predicted octanol–water partition coefficient (Wildman–Crippen LogP) is 4.06. The maximum absolute atomic E-state index is 3.96. The summed E-state index contributed by atoms with van der Waals surface area (Å²) in [5.74, 6) is 0.873. The normalized spacial score (nSPS) is 35.0. The van der Waals surface area contributed by atoms with Crippen molar-refractivity contribution in [3.63, 3.8) is 0 Å². The second-order valence-electron chi connectivity index (χ2n) is 9.21. The quantitative estimate of drug-likeness (QED) is 0.844. The van der Waals surface area contributed by atoms with Gasteiger partial charge in [0.1, 0.15) is 0 Å². The Hall–Kier alpha value is -0.0800. The molecule has 1 N–H and O–H groups in total. The van der Waals surface area contributed by atoms with E-state index in [1.54, 1.807) is 0 Å². The van der Waals surface area contributed by atoms with Crippen LogP contribution in [-0.4, -0.2) is 36.1 Å². The van der Waals surface area contributed by atoms with E-state index in [-0.39, 0.29) is 0 Å². The molecule has 0 bridgehead atoms. The first-order valence-electron chi connectivity index (χ1n) is 9.31. The third-order valence-corrected chi connectivity index (χ3v) is 7.75. The molecule has 0 aromatic carbocycles. The Kier molecular flexibility index (Phi) is 3.94. The first-order chi connectivity index (χ1) is 9.82. The van der Waals surface area contributed by atoms with Gasteiger partial charge in [-0.3, -0.25) is 4.90 Å². The molecule has 2 heteroatoms. The predicted molar refractivity (Wildman–Crippen MR) is 90.5 cm³/mol. The molecule has 1 unspecified atom stereocenters. The number of nitrogens with zero attached hydrogens (tertiary/aromatic N) is 1. The Morgan fingerprint density at radius 1 is 1.00 bits per heavy atom. The summed E-state index contributed by atoms with van der Waals surface area (Å²) in [4.78, 5) is 2.86. The summed E-state index contributed by atoms with van der Waals surface area (Å²) in [6.45, 7) is 16.1. The van der Waals surface area contributed by atoms with Crippen LogP contribution < -0.4 is 5.32 Å². The van der Waals surface area contributed by atoms with E-state index in [4.69, 9.17) is 0 Å². The van der Waals surface area contributed by atoms with Crippen molar-refractivity contribution in [1.29, 1.82) is 0 Å². The van der Waals surface area contributed by atoms with Gasteiger partial charge < -0.3 is 5.32 Å². The number of hydrogen-bond acceptors (Lipinski definition) is 2. The standard InChI is InChI=1S/C19H36N2/c1-6-15-12-20-19(10-8-7-9-11-19)14-21(15)13-16-17(2,3)18(16,4)5/h15-16,20H,6-14H2,1-5H3. The van der Waals surface area contributed by atoms with Crippen molar-refractivity contribution in [3.8, 4) is 0 Å². The molecule has 1 spiro atoms. The van der Waals surface area contributed by atoms with Crippen LogP contribution in [0.1, 0.15) is 73.1 Å². The second-order valence-corrected chi connectivity index (χ2v) is 9.21. The minimum absolute atomic E-state index is 0.451. The summed E-state index contributed by atoms with van der Waals surface area (Å²) in [5, 5.41) is 3.96. The van der Waals surface area contributed by atoms with Gasteiger partial charge in [0.05, 0.1) is 0 Å². The topological polar surface area (TPSA) is 15.3 Å². The van der Waals surface area contributed by atoms with Crippen molar-refractivity contribution in [2.45, 2.75) is 84.7 Å². The maximum Gasteiger partial charge on any atom is 0.0309 e. The van der Waals surface area contributed by atoms with Crippen molar-refractivity contribution in [2.75, 3.05) is 19.6 Å². The number of nitrogens with one attached hydrogen (secondary N) is 1. The van der Waals surface area contributed by atoms with E-state index < -0.39 is 0 Å². The zero-order valence-electron chi connectivity index (χ0n) is 15.0. The van der Waals surface area contributed by atoms with Crippen LogP contribution in [0.4, 0.5) is 0 Å². The van der Waals surface area contributed by atoms with E-state index in [1.807, 2.05) is 0 Å². The van der Waals surface area contributed by atoms with Gasteiger partial charge in [-0.15, -0.1) is 0 Å². The van der Waals surface area contributed by atoms with Gasteiger partial charge in [-0.25, -0.2) is 0 Å². The van der Waals surface area contributed by atoms with Crippen molar-refractivity contribution < 1.29 is 0 Å². The molecule has 2 saturated carbocycles. The highest BCUT2D eigenvalue weighted by Crippen LogP contribution is 2.68. The fourth-order valence-corrected chi connectivity index (χ4v) is 5.24. The Bertz CT molecular complexity index is 365. The van der Waals surface area contributed by atoms with Crippen LogP contribution in [0.25, 0.3) is 0 Å². The molecule has 3 aliphatic rings. The van der Waals surface area contributed by atoms with Gasteiger partial charge in [0.25, 0.3) is 0 Å². The van der Waals surface area contributed by atoms with Crippen LogP contribution >= 0.6 is 0 Å². The van der Waals surface area contributed by atoms with Crippen LogP contribution in [0.3, 0.4) is 0 Å². The second kappa shape index (κ2) is 5.23. The summed E-state index contributed by atoms with van der Waals surface area (Å²) in [6, 6.07) is 0.754. The average Bonchev–Trinajstić information content (AvgIpc) is 2.82. The fraction of sp³-hybridized carbons (Fsp3) is 1.00. The molecule has 1 saturated heterocycles. The molecule has 2 nitrogen and oxygen atoms in total. The van der Waals surface area contributed by atoms with Crippen LogP contribution in [0.2, 0.25) is 0 Å². The number of rotatable bonds is 3. The molecule has 0 amide bonds. The highest BCUT2D eigenvalue weighted by atomic mass is 15.3. The molecule has 1 aliphatic heterocycles. The molecule has 0 aromatic heterocycles. The summed E-state index contributed by atoms with van der Waals surface area (Å²) in [5.41, 5.74) is 1.50. The number of piperazine rings is 1. The Morgan fingerprint density at radius 2 is 1.62 bits per heavy atom. The van der Waals surface area contributed by atoms with Crippen molar-refractivity contribution in [3.05, 3.63) is 0 Å². The van der Waals surface area contributed by atoms with E-state index in [0.717, 1.165) is 12.0 Å². The SMILES string of the molecule is CCC1CNC2(CCCCC2)CN1CC1C(C)(C)C1(C)C. The van der Waals surface area contributed by atoms with Crippen LogP contribution in [0.15, 0.2) is 0 Å².